The van der Waals surface area contributed by atoms with E-state index in [4.69, 9.17) is 10.5 Å². The molecule has 0 aromatic carbocycles. The van der Waals surface area contributed by atoms with Gasteiger partial charge in [-0.1, -0.05) is 13.3 Å². The van der Waals surface area contributed by atoms with Crippen molar-refractivity contribution in [1.29, 1.82) is 0 Å². The Morgan fingerprint density at radius 2 is 1.76 bits per heavy atom. The zero-order valence-electron chi connectivity index (χ0n) is 10.6. The molecule has 0 unspecified atom stereocenters. The van der Waals surface area contributed by atoms with Gasteiger partial charge in [0.25, 0.3) is 0 Å². The summed E-state index contributed by atoms with van der Waals surface area (Å²) in [5, 5.41) is 0. The third-order valence-corrected chi connectivity index (χ3v) is 2.12. The lowest BCUT2D eigenvalue weighted by Crippen LogP contribution is -2.48. The minimum absolute atomic E-state index is 0.0651. The first kappa shape index (κ1) is 16.2. The Morgan fingerprint density at radius 3 is 2.06 bits per heavy atom. The van der Waals surface area contributed by atoms with Gasteiger partial charge >= 0.3 is 12.1 Å². The van der Waals surface area contributed by atoms with E-state index in [9.17, 15) is 18.0 Å². The summed E-state index contributed by atoms with van der Waals surface area (Å²) in [7, 11) is 0. The summed E-state index contributed by atoms with van der Waals surface area (Å²) < 4.78 is 42.4. The van der Waals surface area contributed by atoms with Gasteiger partial charge in [-0.25, -0.2) is 0 Å². The predicted molar refractivity (Wildman–Crippen MR) is 58.3 cm³/mol. The summed E-state index contributed by atoms with van der Waals surface area (Å²) in [6.45, 7) is 6.51. The van der Waals surface area contributed by atoms with E-state index >= 15 is 0 Å². The van der Waals surface area contributed by atoms with E-state index in [-0.39, 0.29) is 6.42 Å². The van der Waals surface area contributed by atoms with Gasteiger partial charge in [0.2, 0.25) is 0 Å². The maximum Gasteiger partial charge on any atom is 0.404 e. The number of esters is 1. The molecule has 17 heavy (non-hydrogen) atoms. The predicted octanol–water partition coefficient (Wildman–Crippen LogP) is 2.63. The first-order valence-electron chi connectivity index (χ1n) is 5.54. The van der Waals surface area contributed by atoms with Crippen LogP contribution in [0, 0.1) is 5.92 Å². The number of alkyl halides is 3. The molecule has 0 rings (SSSR count). The summed E-state index contributed by atoms with van der Waals surface area (Å²) >= 11 is 0. The molecule has 2 atom stereocenters. The molecule has 0 aliphatic rings. The molecule has 0 aliphatic heterocycles. The van der Waals surface area contributed by atoms with E-state index in [0.717, 1.165) is 0 Å². The lowest BCUT2D eigenvalue weighted by molar-refractivity contribution is -0.183. The first-order valence-corrected chi connectivity index (χ1v) is 5.54. The lowest BCUT2D eigenvalue weighted by Gasteiger charge is -2.28. The van der Waals surface area contributed by atoms with E-state index in [1.165, 1.54) is 0 Å². The SMILES string of the molecule is CCC[C@H](C(=O)OC(C)(C)C)[C@H](N)C(F)(F)F. The smallest absolute Gasteiger partial charge is 0.404 e. The maximum atomic E-state index is 12.5. The van der Waals surface area contributed by atoms with Crippen LogP contribution in [0.3, 0.4) is 0 Å². The highest BCUT2D eigenvalue weighted by atomic mass is 19.4. The van der Waals surface area contributed by atoms with Crippen LogP contribution >= 0.6 is 0 Å². The van der Waals surface area contributed by atoms with Gasteiger partial charge in [-0.15, -0.1) is 0 Å². The number of ether oxygens (including phenoxy) is 1. The highest BCUT2D eigenvalue weighted by Crippen LogP contribution is 2.28. The van der Waals surface area contributed by atoms with Crippen LogP contribution < -0.4 is 5.73 Å². The van der Waals surface area contributed by atoms with Crippen molar-refractivity contribution in [2.45, 2.75) is 58.4 Å². The Bertz CT molecular complexity index is 258. The van der Waals surface area contributed by atoms with Crippen LogP contribution in [0.5, 0.6) is 0 Å². The third-order valence-electron chi connectivity index (χ3n) is 2.12. The van der Waals surface area contributed by atoms with Crippen molar-refractivity contribution in [3.05, 3.63) is 0 Å². The molecule has 0 fully saturated rings. The van der Waals surface area contributed by atoms with Crippen LogP contribution in [0.2, 0.25) is 0 Å². The molecule has 0 aliphatic carbocycles. The second-order valence-electron chi connectivity index (χ2n) is 5.00. The van der Waals surface area contributed by atoms with Crippen molar-refractivity contribution < 1.29 is 22.7 Å². The lowest BCUT2D eigenvalue weighted by atomic mass is 9.94. The fourth-order valence-electron chi connectivity index (χ4n) is 1.36. The minimum atomic E-state index is -4.59. The summed E-state index contributed by atoms with van der Waals surface area (Å²) in [6.07, 6.45) is -4.08. The van der Waals surface area contributed by atoms with E-state index in [0.29, 0.717) is 6.42 Å². The van der Waals surface area contributed by atoms with Crippen LogP contribution in [0.15, 0.2) is 0 Å². The summed E-state index contributed by atoms with van der Waals surface area (Å²) in [6, 6.07) is -2.17. The van der Waals surface area contributed by atoms with Gasteiger partial charge in [-0.3, -0.25) is 4.79 Å². The van der Waals surface area contributed by atoms with Crippen molar-refractivity contribution in [3.8, 4) is 0 Å². The molecule has 3 nitrogen and oxygen atoms in total. The molecule has 0 aromatic heterocycles. The Labute approximate surface area is 99.5 Å². The zero-order valence-corrected chi connectivity index (χ0v) is 10.6. The van der Waals surface area contributed by atoms with Crippen molar-refractivity contribution in [2.24, 2.45) is 11.7 Å². The molecule has 0 saturated heterocycles. The number of carbonyl (C=O) groups excluding carboxylic acids is 1. The summed E-state index contributed by atoms with van der Waals surface area (Å²) in [5.74, 6) is -2.22. The molecule has 0 saturated carbocycles. The highest BCUT2D eigenvalue weighted by molar-refractivity contribution is 5.73. The second-order valence-corrected chi connectivity index (χ2v) is 5.00. The number of hydrogen-bond donors (Lipinski definition) is 1. The molecule has 6 heteroatoms. The van der Waals surface area contributed by atoms with E-state index < -0.39 is 29.7 Å². The normalized spacial score (nSPS) is 16.5. The van der Waals surface area contributed by atoms with E-state index in [2.05, 4.69) is 0 Å². The van der Waals surface area contributed by atoms with Gasteiger partial charge in [-0.2, -0.15) is 13.2 Å². The number of halogens is 3. The first-order chi connectivity index (χ1) is 7.49. The zero-order chi connectivity index (χ0) is 13.9. The fourth-order valence-corrected chi connectivity index (χ4v) is 1.36. The van der Waals surface area contributed by atoms with Crippen LogP contribution in [0.4, 0.5) is 13.2 Å². The van der Waals surface area contributed by atoms with Crippen molar-refractivity contribution in [1.82, 2.24) is 0 Å². The van der Waals surface area contributed by atoms with Gasteiger partial charge in [0.15, 0.2) is 0 Å². The van der Waals surface area contributed by atoms with Crippen LogP contribution in [-0.2, 0) is 9.53 Å². The van der Waals surface area contributed by atoms with Crippen LogP contribution in [0.25, 0.3) is 0 Å². The monoisotopic (exact) mass is 255 g/mol. The molecule has 0 radical (unpaired) electrons. The molecule has 102 valence electrons. The van der Waals surface area contributed by atoms with Crippen LogP contribution in [-0.4, -0.2) is 23.8 Å². The van der Waals surface area contributed by atoms with Crippen molar-refractivity contribution >= 4 is 5.97 Å². The standard InChI is InChI=1S/C11H20F3NO2/c1-5-6-7(8(15)11(12,13)14)9(16)17-10(2,3)4/h7-8H,5-6,15H2,1-4H3/t7-,8-/m0/s1. The third kappa shape index (κ3) is 5.91. The average molecular weight is 255 g/mol. The molecule has 0 spiro atoms. The fraction of sp³-hybridized carbons (Fsp3) is 0.909. The minimum Gasteiger partial charge on any atom is -0.460 e. The van der Waals surface area contributed by atoms with Gasteiger partial charge in [0.05, 0.1) is 5.92 Å². The Balaban J connectivity index is 4.80. The molecule has 2 N–H and O–H groups in total. The molecular weight excluding hydrogens is 235 g/mol. The quantitative estimate of drug-likeness (QED) is 0.786. The molecule has 0 bridgehead atoms. The maximum absolute atomic E-state index is 12.5. The number of rotatable bonds is 4. The van der Waals surface area contributed by atoms with Gasteiger partial charge < -0.3 is 10.5 Å². The highest BCUT2D eigenvalue weighted by Gasteiger charge is 2.45. The van der Waals surface area contributed by atoms with Crippen molar-refractivity contribution in [3.63, 3.8) is 0 Å². The topological polar surface area (TPSA) is 52.3 Å². The van der Waals surface area contributed by atoms with Gasteiger partial charge in [-0.05, 0) is 27.2 Å². The number of nitrogens with two attached hydrogens (primary N) is 1. The van der Waals surface area contributed by atoms with E-state index in [1.54, 1.807) is 27.7 Å². The molecule has 0 amide bonds. The molecule has 0 aromatic rings. The van der Waals surface area contributed by atoms with Gasteiger partial charge in [0, 0.05) is 0 Å². The van der Waals surface area contributed by atoms with Crippen molar-refractivity contribution in [2.75, 3.05) is 0 Å². The van der Waals surface area contributed by atoms with E-state index in [1.807, 2.05) is 0 Å². The summed E-state index contributed by atoms with van der Waals surface area (Å²) in [5.41, 5.74) is 4.26. The number of carbonyl (C=O) groups is 1. The Hall–Kier alpha value is -0.780. The largest absolute Gasteiger partial charge is 0.460 e. The van der Waals surface area contributed by atoms with Crippen LogP contribution in [0.1, 0.15) is 40.5 Å². The number of hydrogen-bond acceptors (Lipinski definition) is 3. The Morgan fingerprint density at radius 1 is 1.29 bits per heavy atom. The summed E-state index contributed by atoms with van der Waals surface area (Å²) in [4.78, 5) is 11.6. The molecule has 0 heterocycles. The Kier molecular flexibility index (Phi) is 5.45. The van der Waals surface area contributed by atoms with Gasteiger partial charge in [0.1, 0.15) is 11.6 Å². The second kappa shape index (κ2) is 5.71. The molecular formula is C11H20F3NO2. The average Bonchev–Trinajstić information content (AvgIpc) is 2.08.